The molecule has 17 heavy (non-hydrogen) atoms. The Bertz CT molecular complexity index is 448. The van der Waals surface area contributed by atoms with E-state index in [1.54, 1.807) is 0 Å². The number of hydrogen-bond acceptors (Lipinski definition) is 3. The predicted octanol–water partition coefficient (Wildman–Crippen LogP) is 1.21. The molecule has 1 aromatic rings. The first-order valence-electron chi connectivity index (χ1n) is 4.73. The Hall–Kier alpha value is -1.98. The first-order valence-corrected chi connectivity index (χ1v) is 4.73. The van der Waals surface area contributed by atoms with Crippen molar-refractivity contribution in [3.8, 4) is 0 Å². The van der Waals surface area contributed by atoms with Gasteiger partial charge in [-0.2, -0.15) is 0 Å². The average molecular weight is 243 g/mol. The quantitative estimate of drug-likeness (QED) is 0.750. The van der Waals surface area contributed by atoms with Crippen molar-refractivity contribution in [3.05, 3.63) is 35.4 Å². The van der Waals surface area contributed by atoms with Gasteiger partial charge in [-0.25, -0.2) is 8.78 Å². The first kappa shape index (κ1) is 13.1. The number of rotatable bonds is 3. The normalized spacial score (nSPS) is 9.88. The molecule has 0 heterocycles. The molecule has 0 aliphatic carbocycles. The smallest absolute Gasteiger partial charge is 0.325 e. The van der Waals surface area contributed by atoms with E-state index in [1.165, 1.54) is 14.2 Å². The largest absolute Gasteiger partial charge is 0.468 e. The topological polar surface area (TPSA) is 46.6 Å². The van der Waals surface area contributed by atoms with Gasteiger partial charge in [0.15, 0.2) is 0 Å². The second-order valence-corrected chi connectivity index (χ2v) is 3.36. The summed E-state index contributed by atoms with van der Waals surface area (Å²) in [4.78, 5) is 23.6. The number of methoxy groups -OCH3 is 1. The Morgan fingerprint density at radius 2 is 2.00 bits per heavy atom. The van der Waals surface area contributed by atoms with Gasteiger partial charge in [0.2, 0.25) is 0 Å². The molecule has 0 N–H and O–H groups in total. The van der Waals surface area contributed by atoms with E-state index in [9.17, 15) is 18.4 Å². The number of hydrogen-bond donors (Lipinski definition) is 0. The summed E-state index contributed by atoms with van der Waals surface area (Å²) in [7, 11) is 2.47. The molecule has 0 aliphatic heterocycles. The summed E-state index contributed by atoms with van der Waals surface area (Å²) in [6, 6.07) is 2.55. The number of benzene rings is 1. The molecule has 92 valence electrons. The van der Waals surface area contributed by atoms with Crippen LogP contribution in [0.25, 0.3) is 0 Å². The highest BCUT2D eigenvalue weighted by Crippen LogP contribution is 2.11. The summed E-state index contributed by atoms with van der Waals surface area (Å²) in [5, 5.41) is 0. The molecule has 4 nitrogen and oxygen atoms in total. The number of carbonyl (C=O) groups excluding carboxylic acids is 2. The van der Waals surface area contributed by atoms with E-state index in [2.05, 4.69) is 4.74 Å². The fourth-order valence-electron chi connectivity index (χ4n) is 1.20. The van der Waals surface area contributed by atoms with Crippen LogP contribution in [0.2, 0.25) is 0 Å². The first-order chi connectivity index (χ1) is 7.95. The van der Waals surface area contributed by atoms with Crippen LogP contribution in [0.4, 0.5) is 8.78 Å². The Morgan fingerprint density at radius 1 is 1.35 bits per heavy atom. The van der Waals surface area contributed by atoms with Gasteiger partial charge in [-0.15, -0.1) is 0 Å². The molecule has 0 radical (unpaired) electrons. The lowest BCUT2D eigenvalue weighted by atomic mass is 10.2. The summed E-state index contributed by atoms with van der Waals surface area (Å²) in [5.74, 6) is -2.99. The van der Waals surface area contributed by atoms with Crippen molar-refractivity contribution in [2.75, 3.05) is 20.7 Å². The Balaban J connectivity index is 2.88. The van der Waals surface area contributed by atoms with Crippen molar-refractivity contribution in [2.24, 2.45) is 0 Å². The third-order valence-electron chi connectivity index (χ3n) is 2.10. The zero-order valence-electron chi connectivity index (χ0n) is 9.37. The van der Waals surface area contributed by atoms with E-state index in [0.717, 1.165) is 23.1 Å². The standard InChI is InChI=1S/C11H11F2NO3/c1-14(6-10(15)17-2)11(16)8-5-7(12)3-4-9(8)13/h3-5H,6H2,1-2H3. The summed E-state index contributed by atoms with van der Waals surface area (Å²) >= 11 is 0. The highest BCUT2D eigenvalue weighted by atomic mass is 19.1. The molecule has 0 unspecified atom stereocenters. The van der Waals surface area contributed by atoms with Crippen LogP contribution >= 0.6 is 0 Å². The van der Waals surface area contributed by atoms with Crippen LogP contribution in [0.15, 0.2) is 18.2 Å². The molecule has 0 saturated heterocycles. The molecule has 0 bridgehead atoms. The van der Waals surface area contributed by atoms with E-state index in [4.69, 9.17) is 0 Å². The lowest BCUT2D eigenvalue weighted by Gasteiger charge is -2.15. The third-order valence-corrected chi connectivity index (χ3v) is 2.10. The Labute approximate surface area is 96.8 Å². The molecule has 0 saturated carbocycles. The maximum atomic E-state index is 13.3. The number of carbonyl (C=O) groups is 2. The number of amides is 1. The lowest BCUT2D eigenvalue weighted by molar-refractivity contribution is -0.141. The van der Waals surface area contributed by atoms with Crippen molar-refractivity contribution >= 4 is 11.9 Å². The van der Waals surface area contributed by atoms with Gasteiger partial charge in [0.05, 0.1) is 12.7 Å². The van der Waals surface area contributed by atoms with Crippen molar-refractivity contribution < 1.29 is 23.1 Å². The Morgan fingerprint density at radius 3 is 2.59 bits per heavy atom. The van der Waals surface area contributed by atoms with E-state index in [0.29, 0.717) is 0 Å². The summed E-state index contributed by atoms with van der Waals surface area (Å²) in [5.41, 5.74) is -0.420. The van der Waals surface area contributed by atoms with Crippen molar-refractivity contribution in [3.63, 3.8) is 0 Å². The van der Waals surface area contributed by atoms with Gasteiger partial charge in [-0.1, -0.05) is 0 Å². The monoisotopic (exact) mass is 243 g/mol. The highest BCUT2D eigenvalue weighted by molar-refractivity contribution is 5.96. The zero-order valence-corrected chi connectivity index (χ0v) is 9.37. The van der Waals surface area contributed by atoms with Crippen molar-refractivity contribution in [2.45, 2.75) is 0 Å². The van der Waals surface area contributed by atoms with E-state index in [-0.39, 0.29) is 6.54 Å². The van der Waals surface area contributed by atoms with Crippen LogP contribution in [-0.4, -0.2) is 37.5 Å². The Kier molecular flexibility index (Phi) is 4.14. The molecule has 0 aromatic heterocycles. The highest BCUT2D eigenvalue weighted by Gasteiger charge is 2.19. The number of halogens is 2. The molecule has 1 amide bonds. The molecule has 0 aliphatic rings. The van der Waals surface area contributed by atoms with Crippen molar-refractivity contribution in [1.29, 1.82) is 0 Å². The van der Waals surface area contributed by atoms with Gasteiger partial charge in [-0.3, -0.25) is 9.59 Å². The number of esters is 1. The molecular formula is C11H11F2NO3. The second kappa shape index (κ2) is 5.38. The van der Waals surface area contributed by atoms with E-state index < -0.39 is 29.1 Å². The third kappa shape index (κ3) is 3.24. The zero-order chi connectivity index (χ0) is 13.0. The summed E-state index contributed by atoms with van der Waals surface area (Å²) < 4.78 is 30.5. The second-order valence-electron chi connectivity index (χ2n) is 3.36. The van der Waals surface area contributed by atoms with Gasteiger partial charge < -0.3 is 9.64 Å². The number of nitrogens with zero attached hydrogens (tertiary/aromatic N) is 1. The minimum atomic E-state index is -0.840. The van der Waals surface area contributed by atoms with Crippen LogP contribution in [0.5, 0.6) is 0 Å². The summed E-state index contributed by atoms with van der Waals surface area (Å²) in [6.07, 6.45) is 0. The molecule has 1 aromatic carbocycles. The fourth-order valence-corrected chi connectivity index (χ4v) is 1.20. The van der Waals surface area contributed by atoms with Crippen LogP contribution in [0, 0.1) is 11.6 Å². The molecule has 1 rings (SSSR count). The molecule has 6 heteroatoms. The van der Waals surface area contributed by atoms with Gasteiger partial charge in [0.25, 0.3) is 5.91 Å². The molecule has 0 fully saturated rings. The van der Waals surface area contributed by atoms with E-state index >= 15 is 0 Å². The lowest BCUT2D eigenvalue weighted by Crippen LogP contribution is -2.33. The maximum Gasteiger partial charge on any atom is 0.325 e. The average Bonchev–Trinajstić information content (AvgIpc) is 2.31. The molecule has 0 spiro atoms. The van der Waals surface area contributed by atoms with Gasteiger partial charge in [0, 0.05) is 7.05 Å². The molecule has 0 atom stereocenters. The number of likely N-dealkylation sites (N-methyl/N-ethyl adjacent to an activating group) is 1. The van der Waals surface area contributed by atoms with E-state index in [1.807, 2.05) is 0 Å². The van der Waals surface area contributed by atoms with Crippen LogP contribution in [-0.2, 0) is 9.53 Å². The fraction of sp³-hybridized carbons (Fsp3) is 0.273. The van der Waals surface area contributed by atoms with Crippen LogP contribution in [0.3, 0.4) is 0 Å². The van der Waals surface area contributed by atoms with Gasteiger partial charge >= 0.3 is 5.97 Å². The number of ether oxygens (including phenoxy) is 1. The van der Waals surface area contributed by atoms with Crippen molar-refractivity contribution in [1.82, 2.24) is 4.90 Å². The van der Waals surface area contributed by atoms with Crippen LogP contribution in [0.1, 0.15) is 10.4 Å². The minimum absolute atomic E-state index is 0.328. The van der Waals surface area contributed by atoms with Gasteiger partial charge in [-0.05, 0) is 18.2 Å². The summed E-state index contributed by atoms with van der Waals surface area (Å²) in [6.45, 7) is -0.328. The van der Waals surface area contributed by atoms with Crippen LogP contribution < -0.4 is 0 Å². The predicted molar refractivity (Wildman–Crippen MR) is 55.3 cm³/mol. The SMILES string of the molecule is COC(=O)CN(C)C(=O)c1cc(F)ccc1F. The maximum absolute atomic E-state index is 13.3. The van der Waals surface area contributed by atoms with Gasteiger partial charge in [0.1, 0.15) is 18.2 Å². The minimum Gasteiger partial charge on any atom is -0.468 e. The molecular weight excluding hydrogens is 232 g/mol.